The van der Waals surface area contributed by atoms with Gasteiger partial charge in [0, 0.05) is 18.4 Å². The molecule has 0 saturated heterocycles. The van der Waals surface area contributed by atoms with Crippen LogP contribution in [-0.4, -0.2) is 12.5 Å². The average Bonchev–Trinajstić information content (AvgIpc) is 1.96. The molecule has 0 aromatic carbocycles. The van der Waals surface area contributed by atoms with Crippen LogP contribution in [0.2, 0.25) is 0 Å². The monoisotopic (exact) mass is 167 g/mol. The number of amides is 1. The Morgan fingerprint density at radius 2 is 2.00 bits per heavy atom. The molecule has 0 saturated carbocycles. The average molecular weight is 167 g/mol. The fourth-order valence-electron chi connectivity index (χ4n) is 0.629. The first-order valence-electron chi connectivity index (χ1n) is 4.16. The molecule has 68 valence electrons. The van der Waals surface area contributed by atoms with Crippen LogP contribution in [-0.2, 0) is 4.79 Å². The molecule has 1 N–H and O–H groups in total. The number of carbonyl (C=O) groups excluding carboxylic acids is 1. The van der Waals surface area contributed by atoms with Gasteiger partial charge in [0.15, 0.2) is 0 Å². The van der Waals surface area contributed by atoms with Gasteiger partial charge in [0.1, 0.15) is 0 Å². The highest BCUT2D eigenvalue weighted by Gasteiger charge is 2.19. The van der Waals surface area contributed by atoms with Gasteiger partial charge < -0.3 is 5.32 Å². The second-order valence-electron chi connectivity index (χ2n) is 3.68. The Hall–Kier alpha value is -0.970. The maximum absolute atomic E-state index is 11.3. The van der Waals surface area contributed by atoms with E-state index >= 15 is 0 Å². The van der Waals surface area contributed by atoms with Crippen LogP contribution in [0.5, 0.6) is 0 Å². The van der Waals surface area contributed by atoms with Gasteiger partial charge in [0.2, 0.25) is 5.91 Å². The van der Waals surface area contributed by atoms with Gasteiger partial charge in [-0.1, -0.05) is 20.8 Å². The van der Waals surface area contributed by atoms with E-state index in [0.29, 0.717) is 6.54 Å². The third-order valence-corrected chi connectivity index (χ3v) is 1.39. The molecule has 0 aliphatic heterocycles. The van der Waals surface area contributed by atoms with Gasteiger partial charge in [-0.3, -0.25) is 4.79 Å². The van der Waals surface area contributed by atoms with E-state index in [1.807, 2.05) is 20.8 Å². The molecule has 0 aromatic heterocycles. The maximum atomic E-state index is 11.3. The fraction of sp³-hybridized carbons (Fsp3) is 0.700. The molecule has 0 heterocycles. The lowest BCUT2D eigenvalue weighted by Gasteiger charge is -2.16. The first-order valence-corrected chi connectivity index (χ1v) is 4.16. The van der Waals surface area contributed by atoms with E-state index < -0.39 is 0 Å². The summed E-state index contributed by atoms with van der Waals surface area (Å²) in [6.45, 7) is 8.14. The minimum Gasteiger partial charge on any atom is -0.355 e. The van der Waals surface area contributed by atoms with Crippen LogP contribution in [0.15, 0.2) is 0 Å². The van der Waals surface area contributed by atoms with E-state index in [9.17, 15) is 4.79 Å². The van der Waals surface area contributed by atoms with Gasteiger partial charge in [-0.05, 0) is 6.92 Å². The van der Waals surface area contributed by atoms with Crippen molar-refractivity contribution >= 4 is 5.91 Å². The summed E-state index contributed by atoms with van der Waals surface area (Å²) < 4.78 is 0. The van der Waals surface area contributed by atoms with Crippen molar-refractivity contribution in [1.82, 2.24) is 5.32 Å². The van der Waals surface area contributed by atoms with Crippen LogP contribution in [0.4, 0.5) is 0 Å². The molecule has 2 nitrogen and oxygen atoms in total. The number of rotatable bonds is 2. The molecule has 0 aliphatic rings. The zero-order chi connectivity index (χ0) is 9.61. The maximum Gasteiger partial charge on any atom is 0.225 e. The van der Waals surface area contributed by atoms with Crippen LogP contribution in [0.25, 0.3) is 0 Å². The quantitative estimate of drug-likeness (QED) is 0.491. The molecule has 12 heavy (non-hydrogen) atoms. The Labute approximate surface area is 74.7 Å². The molecular formula is C10H17NO. The van der Waals surface area contributed by atoms with Gasteiger partial charge in [0.05, 0.1) is 0 Å². The number of hydrogen-bond donors (Lipinski definition) is 1. The summed E-state index contributed by atoms with van der Waals surface area (Å²) >= 11 is 0. The minimum absolute atomic E-state index is 0.0837. The summed E-state index contributed by atoms with van der Waals surface area (Å²) in [5.41, 5.74) is -0.292. The summed E-state index contributed by atoms with van der Waals surface area (Å²) in [6.07, 6.45) is 0.734. The van der Waals surface area contributed by atoms with Crippen molar-refractivity contribution in [2.75, 3.05) is 6.54 Å². The third kappa shape index (κ3) is 4.79. The first-order chi connectivity index (χ1) is 5.48. The topological polar surface area (TPSA) is 29.1 Å². The van der Waals surface area contributed by atoms with Crippen molar-refractivity contribution in [1.29, 1.82) is 0 Å². The van der Waals surface area contributed by atoms with Gasteiger partial charge in [-0.2, -0.15) is 0 Å². The van der Waals surface area contributed by atoms with Crippen molar-refractivity contribution in [3.05, 3.63) is 0 Å². The van der Waals surface area contributed by atoms with E-state index in [-0.39, 0.29) is 11.3 Å². The molecule has 2 heteroatoms. The fourth-order valence-corrected chi connectivity index (χ4v) is 0.629. The smallest absolute Gasteiger partial charge is 0.225 e. The van der Waals surface area contributed by atoms with E-state index in [2.05, 4.69) is 17.2 Å². The third-order valence-electron chi connectivity index (χ3n) is 1.39. The molecule has 0 rings (SSSR count). The lowest BCUT2D eigenvalue weighted by molar-refractivity contribution is -0.128. The van der Waals surface area contributed by atoms with Crippen LogP contribution < -0.4 is 5.32 Å². The molecule has 0 aromatic rings. The minimum atomic E-state index is -0.292. The second kappa shape index (κ2) is 4.82. The number of hydrogen-bond acceptors (Lipinski definition) is 1. The second-order valence-corrected chi connectivity index (χ2v) is 3.68. The zero-order valence-corrected chi connectivity index (χ0v) is 8.32. The SMILES string of the molecule is CC#CCCNC(=O)C(C)(C)C. The lowest BCUT2D eigenvalue weighted by atomic mass is 9.96. The molecule has 0 aliphatic carbocycles. The van der Waals surface area contributed by atoms with Gasteiger partial charge in [-0.15, -0.1) is 11.8 Å². The zero-order valence-electron chi connectivity index (χ0n) is 8.32. The summed E-state index contributed by atoms with van der Waals surface area (Å²) in [6, 6.07) is 0. The molecule has 1 amide bonds. The first kappa shape index (κ1) is 11.0. The highest BCUT2D eigenvalue weighted by molar-refractivity contribution is 5.81. The standard InChI is InChI=1S/C10H17NO/c1-5-6-7-8-11-9(12)10(2,3)4/h7-8H2,1-4H3,(H,11,12). The summed E-state index contributed by atoms with van der Waals surface area (Å²) in [4.78, 5) is 11.3. The molecular weight excluding hydrogens is 150 g/mol. The lowest BCUT2D eigenvalue weighted by Crippen LogP contribution is -2.35. The van der Waals surface area contributed by atoms with Gasteiger partial charge in [0.25, 0.3) is 0 Å². The van der Waals surface area contributed by atoms with Crippen LogP contribution >= 0.6 is 0 Å². The van der Waals surface area contributed by atoms with E-state index in [1.165, 1.54) is 0 Å². The van der Waals surface area contributed by atoms with Crippen molar-refractivity contribution in [3.63, 3.8) is 0 Å². The van der Waals surface area contributed by atoms with E-state index in [1.54, 1.807) is 6.92 Å². The summed E-state index contributed by atoms with van der Waals surface area (Å²) in [7, 11) is 0. The van der Waals surface area contributed by atoms with Crippen LogP contribution in [0, 0.1) is 17.3 Å². The van der Waals surface area contributed by atoms with E-state index in [0.717, 1.165) is 6.42 Å². The highest BCUT2D eigenvalue weighted by Crippen LogP contribution is 2.11. The van der Waals surface area contributed by atoms with Gasteiger partial charge in [-0.25, -0.2) is 0 Å². The molecule has 0 fully saturated rings. The Morgan fingerprint density at radius 1 is 1.42 bits per heavy atom. The summed E-state index contributed by atoms with van der Waals surface area (Å²) in [5.74, 6) is 5.75. The predicted octanol–water partition coefficient (Wildman–Crippen LogP) is 1.56. The molecule has 0 bridgehead atoms. The predicted molar refractivity (Wildman–Crippen MR) is 50.5 cm³/mol. The van der Waals surface area contributed by atoms with Gasteiger partial charge >= 0.3 is 0 Å². The Morgan fingerprint density at radius 3 is 2.42 bits per heavy atom. The highest BCUT2D eigenvalue weighted by atomic mass is 16.2. The number of carbonyl (C=O) groups is 1. The largest absolute Gasteiger partial charge is 0.355 e. The van der Waals surface area contributed by atoms with Crippen molar-refractivity contribution < 1.29 is 4.79 Å². The number of nitrogens with one attached hydrogen (secondary N) is 1. The normalized spacial score (nSPS) is 10.0. The Balaban J connectivity index is 3.63. The molecule has 0 unspecified atom stereocenters. The van der Waals surface area contributed by atoms with Crippen LogP contribution in [0.3, 0.4) is 0 Å². The van der Waals surface area contributed by atoms with E-state index in [4.69, 9.17) is 0 Å². The van der Waals surface area contributed by atoms with Crippen molar-refractivity contribution in [3.8, 4) is 11.8 Å². The molecule has 0 radical (unpaired) electrons. The van der Waals surface area contributed by atoms with Crippen LogP contribution in [0.1, 0.15) is 34.1 Å². The van der Waals surface area contributed by atoms with Crippen molar-refractivity contribution in [2.24, 2.45) is 5.41 Å². The summed E-state index contributed by atoms with van der Waals surface area (Å²) in [5, 5.41) is 2.82. The Kier molecular flexibility index (Phi) is 4.43. The Bertz CT molecular complexity index is 202. The molecule has 0 atom stereocenters. The molecule has 0 spiro atoms. The van der Waals surface area contributed by atoms with Crippen molar-refractivity contribution in [2.45, 2.75) is 34.1 Å².